The lowest BCUT2D eigenvalue weighted by atomic mass is 10.1. The van der Waals surface area contributed by atoms with Gasteiger partial charge in [-0.2, -0.15) is 0 Å². The molecule has 2 rings (SSSR count). The fraction of sp³-hybridized carbons (Fsp3) is 0.667. The Kier molecular flexibility index (Phi) is 4.14. The van der Waals surface area contributed by atoms with Crippen LogP contribution in [0, 0.1) is 6.92 Å². The van der Waals surface area contributed by atoms with Gasteiger partial charge in [-0.1, -0.05) is 11.6 Å². The molecule has 0 saturated carbocycles. The predicted molar refractivity (Wildman–Crippen MR) is 63.9 cm³/mol. The monoisotopic (exact) mass is 237 g/mol. The normalized spacial score (nSPS) is 17.0. The molecule has 17 heavy (non-hydrogen) atoms. The molecule has 1 N–H and O–H groups in total. The van der Waals surface area contributed by atoms with Crippen molar-refractivity contribution < 1.29 is 9.32 Å². The van der Waals surface area contributed by atoms with Gasteiger partial charge in [0.25, 0.3) is 5.91 Å². The molecular weight excluding hydrogens is 218 g/mol. The minimum absolute atomic E-state index is 0.178. The summed E-state index contributed by atoms with van der Waals surface area (Å²) >= 11 is 0. The van der Waals surface area contributed by atoms with Gasteiger partial charge >= 0.3 is 0 Å². The van der Waals surface area contributed by atoms with Crippen molar-refractivity contribution in [2.24, 2.45) is 0 Å². The second-order valence-electron chi connectivity index (χ2n) is 4.49. The van der Waals surface area contributed by atoms with Crippen molar-refractivity contribution in [3.63, 3.8) is 0 Å². The Labute approximate surface area is 101 Å². The zero-order chi connectivity index (χ0) is 12.1. The summed E-state index contributed by atoms with van der Waals surface area (Å²) in [5, 5.41) is 6.53. The van der Waals surface area contributed by atoms with Crippen LogP contribution in [-0.4, -0.2) is 42.1 Å². The Morgan fingerprint density at radius 2 is 2.24 bits per heavy atom. The highest BCUT2D eigenvalue weighted by Crippen LogP contribution is 2.07. The van der Waals surface area contributed by atoms with Crippen LogP contribution in [0.25, 0.3) is 0 Å². The molecule has 2 heterocycles. The summed E-state index contributed by atoms with van der Waals surface area (Å²) in [6.45, 7) is 5.68. The van der Waals surface area contributed by atoms with Gasteiger partial charge in [-0.15, -0.1) is 0 Å². The van der Waals surface area contributed by atoms with E-state index in [2.05, 4.69) is 15.4 Å². The van der Waals surface area contributed by atoms with Crippen LogP contribution in [0.3, 0.4) is 0 Å². The van der Waals surface area contributed by atoms with E-state index in [-0.39, 0.29) is 5.91 Å². The Balaban J connectivity index is 1.69. The smallest absolute Gasteiger partial charge is 0.289 e. The van der Waals surface area contributed by atoms with Crippen LogP contribution in [0.2, 0.25) is 0 Å². The number of hydrogen-bond donors (Lipinski definition) is 1. The number of aryl methyl sites for hydroxylation is 1. The van der Waals surface area contributed by atoms with Gasteiger partial charge in [-0.05, 0) is 32.9 Å². The average molecular weight is 237 g/mol. The van der Waals surface area contributed by atoms with Crippen LogP contribution < -0.4 is 5.32 Å². The lowest BCUT2D eigenvalue weighted by Crippen LogP contribution is -2.37. The number of rotatable bonds is 4. The minimum atomic E-state index is -0.178. The number of carbonyl (C=O) groups is 1. The van der Waals surface area contributed by atoms with Gasteiger partial charge in [0.2, 0.25) is 5.76 Å². The topological polar surface area (TPSA) is 58.4 Å². The molecule has 1 saturated heterocycles. The molecule has 0 atom stereocenters. The molecule has 1 aliphatic rings. The molecule has 1 aliphatic heterocycles. The molecule has 0 unspecified atom stereocenters. The molecule has 0 aromatic carbocycles. The third-order valence-electron chi connectivity index (χ3n) is 3.01. The second-order valence-corrected chi connectivity index (χ2v) is 4.49. The average Bonchev–Trinajstić information content (AvgIpc) is 2.77. The summed E-state index contributed by atoms with van der Waals surface area (Å²) in [6.07, 6.45) is 3.88. The standard InChI is InChI=1S/C12H19N3O2/c1-10-9-11(17-14-10)12(16)13-5-8-15-6-3-2-4-7-15/h9H,2-8H2,1H3,(H,13,16). The lowest BCUT2D eigenvalue weighted by Gasteiger charge is -2.26. The number of hydrogen-bond acceptors (Lipinski definition) is 4. The van der Waals surface area contributed by atoms with Crippen molar-refractivity contribution >= 4 is 5.91 Å². The molecule has 1 fully saturated rings. The van der Waals surface area contributed by atoms with Gasteiger partial charge < -0.3 is 14.7 Å². The van der Waals surface area contributed by atoms with Gasteiger partial charge in [0.15, 0.2) is 0 Å². The lowest BCUT2D eigenvalue weighted by molar-refractivity contribution is 0.0909. The quantitative estimate of drug-likeness (QED) is 0.854. The highest BCUT2D eigenvalue weighted by Gasteiger charge is 2.13. The van der Waals surface area contributed by atoms with Crippen LogP contribution in [-0.2, 0) is 0 Å². The second kappa shape index (κ2) is 5.82. The Bertz CT molecular complexity index is 370. The summed E-state index contributed by atoms with van der Waals surface area (Å²) < 4.78 is 4.89. The number of aromatic nitrogens is 1. The maximum atomic E-state index is 11.6. The molecule has 1 aromatic heterocycles. The summed E-state index contributed by atoms with van der Waals surface area (Å²) in [7, 11) is 0. The first-order valence-electron chi connectivity index (χ1n) is 6.19. The number of carbonyl (C=O) groups excluding carboxylic acids is 1. The first kappa shape index (κ1) is 12.1. The van der Waals surface area contributed by atoms with Crippen molar-refractivity contribution in [3.8, 4) is 0 Å². The molecule has 0 radical (unpaired) electrons. The van der Waals surface area contributed by atoms with E-state index in [0.29, 0.717) is 12.3 Å². The van der Waals surface area contributed by atoms with Gasteiger partial charge in [0.1, 0.15) is 0 Å². The Hall–Kier alpha value is -1.36. The molecule has 1 aromatic rings. The van der Waals surface area contributed by atoms with E-state index >= 15 is 0 Å². The number of amides is 1. The molecule has 0 aliphatic carbocycles. The molecular formula is C12H19N3O2. The molecule has 0 spiro atoms. The molecule has 5 heteroatoms. The van der Waals surface area contributed by atoms with Crippen LogP contribution in [0.4, 0.5) is 0 Å². The van der Waals surface area contributed by atoms with E-state index in [0.717, 1.165) is 25.3 Å². The van der Waals surface area contributed by atoms with E-state index in [1.807, 2.05) is 0 Å². The highest BCUT2D eigenvalue weighted by molar-refractivity contribution is 5.91. The summed E-state index contributed by atoms with van der Waals surface area (Å²) in [6, 6.07) is 1.65. The van der Waals surface area contributed by atoms with Crippen LogP contribution in [0.5, 0.6) is 0 Å². The van der Waals surface area contributed by atoms with Crippen molar-refractivity contribution in [1.29, 1.82) is 0 Å². The van der Waals surface area contributed by atoms with Gasteiger partial charge in [0, 0.05) is 19.2 Å². The van der Waals surface area contributed by atoms with Crippen LogP contribution in [0.15, 0.2) is 10.6 Å². The van der Waals surface area contributed by atoms with E-state index in [1.54, 1.807) is 13.0 Å². The van der Waals surface area contributed by atoms with Crippen LogP contribution in [0.1, 0.15) is 35.5 Å². The predicted octanol–water partition coefficient (Wildman–Crippen LogP) is 1.20. The third kappa shape index (κ3) is 3.56. The number of piperidine rings is 1. The summed E-state index contributed by atoms with van der Waals surface area (Å²) in [4.78, 5) is 14.0. The first-order valence-corrected chi connectivity index (χ1v) is 6.19. The fourth-order valence-corrected chi connectivity index (χ4v) is 2.07. The zero-order valence-corrected chi connectivity index (χ0v) is 10.2. The highest BCUT2D eigenvalue weighted by atomic mass is 16.5. The van der Waals surface area contributed by atoms with E-state index in [9.17, 15) is 4.79 Å². The largest absolute Gasteiger partial charge is 0.351 e. The molecule has 5 nitrogen and oxygen atoms in total. The van der Waals surface area contributed by atoms with E-state index in [1.165, 1.54) is 19.3 Å². The number of nitrogens with zero attached hydrogens (tertiary/aromatic N) is 2. The van der Waals surface area contributed by atoms with Gasteiger partial charge in [0.05, 0.1) is 5.69 Å². The molecule has 0 bridgehead atoms. The third-order valence-corrected chi connectivity index (χ3v) is 3.01. The van der Waals surface area contributed by atoms with E-state index < -0.39 is 0 Å². The van der Waals surface area contributed by atoms with Crippen LogP contribution >= 0.6 is 0 Å². The van der Waals surface area contributed by atoms with Crippen molar-refractivity contribution in [2.45, 2.75) is 26.2 Å². The van der Waals surface area contributed by atoms with Gasteiger partial charge in [-0.3, -0.25) is 4.79 Å². The number of likely N-dealkylation sites (tertiary alicyclic amines) is 1. The van der Waals surface area contributed by atoms with E-state index in [4.69, 9.17) is 4.52 Å². The minimum Gasteiger partial charge on any atom is -0.351 e. The van der Waals surface area contributed by atoms with Crippen molar-refractivity contribution in [3.05, 3.63) is 17.5 Å². The summed E-state index contributed by atoms with van der Waals surface area (Å²) in [5.74, 6) is 0.115. The van der Waals surface area contributed by atoms with Crippen molar-refractivity contribution in [2.75, 3.05) is 26.2 Å². The zero-order valence-electron chi connectivity index (χ0n) is 10.2. The summed E-state index contributed by atoms with van der Waals surface area (Å²) in [5.41, 5.74) is 0.728. The molecule has 94 valence electrons. The molecule has 1 amide bonds. The Morgan fingerprint density at radius 3 is 2.88 bits per heavy atom. The fourth-order valence-electron chi connectivity index (χ4n) is 2.07. The maximum Gasteiger partial charge on any atom is 0.289 e. The Morgan fingerprint density at radius 1 is 1.47 bits per heavy atom. The maximum absolute atomic E-state index is 11.6. The van der Waals surface area contributed by atoms with Crippen molar-refractivity contribution in [1.82, 2.24) is 15.4 Å². The number of nitrogens with one attached hydrogen (secondary N) is 1. The van der Waals surface area contributed by atoms with Gasteiger partial charge in [-0.25, -0.2) is 0 Å². The SMILES string of the molecule is Cc1cc(C(=O)NCCN2CCCCC2)on1. The first-order chi connectivity index (χ1) is 8.25.